The molecule has 0 heterocycles. The second kappa shape index (κ2) is 11.7. The highest BCUT2D eigenvalue weighted by Gasteiger charge is 2.44. The number of rotatable bonds is 8. The topological polar surface area (TPSA) is 69.7 Å². The molecule has 4 rings (SSSR count). The Bertz CT molecular complexity index is 914. The fourth-order valence-corrected chi connectivity index (χ4v) is 3.73. The van der Waals surface area contributed by atoms with Gasteiger partial charge in [0, 0.05) is 25.7 Å². The van der Waals surface area contributed by atoms with Crippen molar-refractivity contribution in [1.82, 2.24) is 0 Å². The maximum absolute atomic E-state index is 12.5. The van der Waals surface area contributed by atoms with E-state index in [4.69, 9.17) is 9.47 Å². The molecule has 176 valence electrons. The Kier molecular flexibility index (Phi) is 8.69. The first-order chi connectivity index (χ1) is 15.8. The Morgan fingerprint density at radius 3 is 1.58 bits per heavy atom. The van der Waals surface area contributed by atoms with Gasteiger partial charge in [-0.15, -0.1) is 0 Å². The highest BCUT2D eigenvalue weighted by atomic mass is 19.3. The van der Waals surface area contributed by atoms with Crippen LogP contribution >= 0.6 is 0 Å². The van der Waals surface area contributed by atoms with Crippen molar-refractivity contribution in [2.24, 2.45) is 11.8 Å². The van der Waals surface area contributed by atoms with Crippen LogP contribution in [0.3, 0.4) is 0 Å². The molecule has 0 bridgehead atoms. The molecule has 0 spiro atoms. The molecule has 0 atom stereocenters. The van der Waals surface area contributed by atoms with Crippen LogP contribution in [-0.4, -0.2) is 36.9 Å². The first-order valence-electron chi connectivity index (χ1n) is 11.2. The lowest BCUT2D eigenvalue weighted by Gasteiger charge is -2.34. The van der Waals surface area contributed by atoms with Crippen molar-refractivity contribution in [1.29, 1.82) is 0 Å². The minimum absolute atomic E-state index is 0.00595. The van der Waals surface area contributed by atoms with Gasteiger partial charge in [-0.2, -0.15) is 0 Å². The molecule has 2 aromatic rings. The number of esters is 2. The van der Waals surface area contributed by atoms with E-state index in [0.717, 1.165) is 6.42 Å². The van der Waals surface area contributed by atoms with Gasteiger partial charge in [-0.05, 0) is 48.9 Å². The number of ketones is 1. The lowest BCUT2D eigenvalue weighted by atomic mass is 9.79. The first kappa shape index (κ1) is 24.6. The van der Waals surface area contributed by atoms with Gasteiger partial charge in [0.1, 0.15) is 5.78 Å². The largest absolute Gasteiger partial charge is 0.462 e. The highest BCUT2D eigenvalue weighted by molar-refractivity contribution is 5.89. The Labute approximate surface area is 192 Å². The van der Waals surface area contributed by atoms with Crippen LogP contribution in [-0.2, 0) is 14.3 Å². The van der Waals surface area contributed by atoms with Crippen LogP contribution in [0.15, 0.2) is 60.7 Å². The third kappa shape index (κ3) is 8.08. The van der Waals surface area contributed by atoms with Crippen molar-refractivity contribution in [2.45, 2.75) is 44.4 Å². The van der Waals surface area contributed by atoms with Crippen LogP contribution in [0.2, 0.25) is 0 Å². The molecule has 0 aromatic heterocycles. The van der Waals surface area contributed by atoms with Gasteiger partial charge in [0.05, 0.1) is 24.3 Å². The molecule has 0 N–H and O–H groups in total. The number of benzene rings is 2. The number of hydrogen-bond acceptors (Lipinski definition) is 5. The van der Waals surface area contributed by atoms with E-state index in [9.17, 15) is 23.2 Å². The number of hydrogen-bond donors (Lipinski definition) is 0. The lowest BCUT2D eigenvalue weighted by molar-refractivity contribution is -0.127. The maximum Gasteiger partial charge on any atom is 0.338 e. The summed E-state index contributed by atoms with van der Waals surface area (Å²) in [6, 6.07) is 17.6. The molecule has 0 radical (unpaired) electrons. The summed E-state index contributed by atoms with van der Waals surface area (Å²) in [5, 5.41) is 0. The van der Waals surface area contributed by atoms with Crippen LogP contribution in [0.25, 0.3) is 0 Å². The van der Waals surface area contributed by atoms with E-state index in [1.165, 1.54) is 0 Å². The van der Waals surface area contributed by atoms with Gasteiger partial charge in [-0.3, -0.25) is 4.79 Å². The van der Waals surface area contributed by atoms with E-state index in [1.54, 1.807) is 48.5 Å². The summed E-state index contributed by atoms with van der Waals surface area (Å²) in [6.45, 7) is 0.625. The SMILES string of the molecule is O=C(OCCC1CC(F)(F)C1)c1ccccc1.O=C1CC(CCOC(=O)c2ccccc2)C1. The van der Waals surface area contributed by atoms with E-state index >= 15 is 0 Å². The molecule has 2 fully saturated rings. The number of ether oxygens (including phenoxy) is 2. The maximum atomic E-state index is 12.5. The predicted octanol–water partition coefficient (Wildman–Crippen LogP) is 5.49. The quantitative estimate of drug-likeness (QED) is 0.489. The van der Waals surface area contributed by atoms with E-state index in [1.807, 2.05) is 12.1 Å². The van der Waals surface area contributed by atoms with Gasteiger partial charge < -0.3 is 9.47 Å². The fourth-order valence-electron chi connectivity index (χ4n) is 3.73. The fraction of sp³-hybridized carbons (Fsp3) is 0.423. The molecule has 2 aliphatic carbocycles. The van der Waals surface area contributed by atoms with Crippen LogP contribution in [0.4, 0.5) is 8.78 Å². The number of halogens is 2. The van der Waals surface area contributed by atoms with E-state index in [2.05, 4.69) is 0 Å². The Hall–Kier alpha value is -3.09. The Morgan fingerprint density at radius 1 is 0.758 bits per heavy atom. The van der Waals surface area contributed by atoms with Gasteiger partial charge in [-0.25, -0.2) is 18.4 Å². The second-order valence-electron chi connectivity index (χ2n) is 8.52. The van der Waals surface area contributed by atoms with E-state index in [0.29, 0.717) is 48.7 Å². The smallest absolute Gasteiger partial charge is 0.338 e. The monoisotopic (exact) mass is 458 g/mol. The zero-order chi connectivity index (χ0) is 23.7. The Balaban J connectivity index is 0.000000186. The van der Waals surface area contributed by atoms with E-state index < -0.39 is 11.9 Å². The molecule has 2 aromatic carbocycles. The molecule has 2 saturated carbocycles. The number of carbonyl (C=O) groups is 3. The summed E-state index contributed by atoms with van der Waals surface area (Å²) >= 11 is 0. The van der Waals surface area contributed by atoms with Crippen molar-refractivity contribution in [3.05, 3.63) is 71.8 Å². The lowest BCUT2D eigenvalue weighted by Crippen LogP contribution is -2.36. The van der Waals surface area contributed by atoms with Crippen molar-refractivity contribution in [3.8, 4) is 0 Å². The summed E-state index contributed by atoms with van der Waals surface area (Å²) in [4.78, 5) is 33.7. The van der Waals surface area contributed by atoms with Gasteiger partial charge in [0.25, 0.3) is 0 Å². The van der Waals surface area contributed by atoms with Crippen LogP contribution < -0.4 is 0 Å². The van der Waals surface area contributed by atoms with Gasteiger partial charge in [0.15, 0.2) is 0 Å². The van der Waals surface area contributed by atoms with Crippen molar-refractivity contribution < 1.29 is 32.6 Å². The van der Waals surface area contributed by atoms with E-state index in [-0.39, 0.29) is 31.3 Å². The van der Waals surface area contributed by atoms with Crippen molar-refractivity contribution >= 4 is 17.7 Å². The average Bonchev–Trinajstić information content (AvgIpc) is 2.78. The first-order valence-corrected chi connectivity index (χ1v) is 11.2. The summed E-state index contributed by atoms with van der Waals surface area (Å²) in [6.07, 6.45) is 2.48. The molecule has 0 aliphatic heterocycles. The highest BCUT2D eigenvalue weighted by Crippen LogP contribution is 2.43. The molecule has 2 aliphatic rings. The normalized spacial score (nSPS) is 17.1. The Morgan fingerprint density at radius 2 is 1.18 bits per heavy atom. The number of Topliss-reactive ketones (excluding diaryl/α,β-unsaturated/α-hetero) is 1. The van der Waals surface area contributed by atoms with Crippen LogP contribution in [0.5, 0.6) is 0 Å². The summed E-state index contributed by atoms with van der Waals surface area (Å²) in [7, 11) is 0. The zero-order valence-electron chi connectivity index (χ0n) is 18.4. The zero-order valence-corrected chi connectivity index (χ0v) is 18.4. The molecule has 7 heteroatoms. The molecule has 0 amide bonds. The third-order valence-electron chi connectivity index (χ3n) is 5.74. The molecular formula is C26H28F2O5. The summed E-state index contributed by atoms with van der Waals surface area (Å²) in [5.74, 6) is -2.43. The molecule has 33 heavy (non-hydrogen) atoms. The van der Waals surface area contributed by atoms with Crippen molar-refractivity contribution in [2.75, 3.05) is 13.2 Å². The van der Waals surface area contributed by atoms with Gasteiger partial charge in [-0.1, -0.05) is 36.4 Å². The van der Waals surface area contributed by atoms with Gasteiger partial charge in [0.2, 0.25) is 5.92 Å². The van der Waals surface area contributed by atoms with Crippen LogP contribution in [0, 0.1) is 11.8 Å². The molecule has 5 nitrogen and oxygen atoms in total. The molecule has 0 saturated heterocycles. The predicted molar refractivity (Wildman–Crippen MR) is 118 cm³/mol. The molecule has 0 unspecified atom stereocenters. The van der Waals surface area contributed by atoms with Crippen LogP contribution in [0.1, 0.15) is 59.2 Å². The van der Waals surface area contributed by atoms with Gasteiger partial charge >= 0.3 is 11.9 Å². The standard InChI is InChI=1S/C13H14F2O2.C13H14O3/c14-13(15)8-10(9-13)6-7-17-12(16)11-4-2-1-3-5-11;14-12-8-10(9-12)6-7-16-13(15)11-4-2-1-3-5-11/h1-5,10H,6-9H2;1-5,10H,6-9H2. The minimum Gasteiger partial charge on any atom is -0.462 e. The number of carbonyl (C=O) groups excluding carboxylic acids is 3. The summed E-state index contributed by atoms with van der Waals surface area (Å²) in [5.41, 5.74) is 1.07. The molecular weight excluding hydrogens is 430 g/mol. The second-order valence-corrected chi connectivity index (χ2v) is 8.52. The number of alkyl halides is 2. The summed E-state index contributed by atoms with van der Waals surface area (Å²) < 4.78 is 35.2. The average molecular weight is 459 g/mol. The minimum atomic E-state index is -2.49. The third-order valence-corrected chi connectivity index (χ3v) is 5.74. The van der Waals surface area contributed by atoms with Crippen molar-refractivity contribution in [3.63, 3.8) is 0 Å².